The molecule has 0 aliphatic rings. The van der Waals surface area contributed by atoms with Crippen LogP contribution in [-0.4, -0.2) is 19.0 Å². The predicted octanol–water partition coefficient (Wildman–Crippen LogP) is 2.53. The van der Waals surface area contributed by atoms with E-state index in [1.54, 1.807) is 12.1 Å². The van der Waals surface area contributed by atoms with Crippen molar-refractivity contribution in [3.8, 4) is 0 Å². The summed E-state index contributed by atoms with van der Waals surface area (Å²) in [6.07, 6.45) is 0.337. The van der Waals surface area contributed by atoms with Gasteiger partial charge in [-0.15, -0.1) is 0 Å². The Morgan fingerprint density at radius 3 is 2.88 bits per heavy atom. The molecule has 0 spiro atoms. The van der Waals surface area contributed by atoms with Crippen molar-refractivity contribution in [2.24, 2.45) is 0 Å². The van der Waals surface area contributed by atoms with Crippen LogP contribution in [0.4, 0.5) is 10.1 Å². The molecule has 1 rings (SSSR count). The molecule has 88 valence electrons. The molecule has 0 fully saturated rings. The Hall–Kier alpha value is -1.10. The maximum atomic E-state index is 13.3. The summed E-state index contributed by atoms with van der Waals surface area (Å²) in [5, 5.41) is 5.55. The first-order valence-corrected chi connectivity index (χ1v) is 5.88. The minimum absolute atomic E-state index is 0.0347. The molecule has 3 nitrogen and oxygen atoms in total. The maximum Gasteiger partial charge on any atom is 0.221 e. The van der Waals surface area contributed by atoms with Gasteiger partial charge in [0, 0.05) is 24.0 Å². The lowest BCUT2D eigenvalue weighted by Crippen LogP contribution is -2.24. The van der Waals surface area contributed by atoms with Crippen LogP contribution < -0.4 is 10.6 Å². The van der Waals surface area contributed by atoms with Gasteiger partial charge in [0.2, 0.25) is 5.91 Å². The minimum Gasteiger partial charge on any atom is -0.382 e. The van der Waals surface area contributed by atoms with Gasteiger partial charge >= 0.3 is 0 Å². The highest BCUT2D eigenvalue weighted by molar-refractivity contribution is 9.10. The summed E-state index contributed by atoms with van der Waals surface area (Å²) < 4.78 is 14.0. The Morgan fingerprint density at radius 2 is 2.25 bits per heavy atom. The van der Waals surface area contributed by atoms with Crippen molar-refractivity contribution in [2.45, 2.75) is 13.3 Å². The second-order valence-corrected chi connectivity index (χ2v) is 4.17. The van der Waals surface area contributed by atoms with E-state index in [-0.39, 0.29) is 11.7 Å². The number of amides is 1. The number of carbonyl (C=O) groups is 1. The first-order valence-electron chi connectivity index (χ1n) is 5.09. The van der Waals surface area contributed by atoms with E-state index >= 15 is 0 Å². The Balaban J connectivity index is 2.40. The molecule has 0 radical (unpaired) electrons. The second kappa shape index (κ2) is 6.48. The van der Waals surface area contributed by atoms with E-state index in [4.69, 9.17) is 0 Å². The van der Waals surface area contributed by atoms with Crippen LogP contribution in [0.5, 0.6) is 0 Å². The monoisotopic (exact) mass is 288 g/mol. The van der Waals surface area contributed by atoms with Crippen LogP contribution in [0.1, 0.15) is 13.3 Å². The average molecular weight is 289 g/mol. The van der Waals surface area contributed by atoms with Crippen molar-refractivity contribution in [1.82, 2.24) is 5.32 Å². The van der Waals surface area contributed by atoms with Gasteiger partial charge in [0.15, 0.2) is 0 Å². The molecular weight excluding hydrogens is 275 g/mol. The summed E-state index contributed by atoms with van der Waals surface area (Å²) in [6, 6.07) is 4.77. The fourth-order valence-corrected chi connectivity index (χ4v) is 1.56. The van der Waals surface area contributed by atoms with Gasteiger partial charge in [-0.2, -0.15) is 0 Å². The second-order valence-electron chi connectivity index (χ2n) is 3.25. The number of nitrogens with one attached hydrogen (secondary N) is 2. The fraction of sp³-hybridized carbons (Fsp3) is 0.364. The largest absolute Gasteiger partial charge is 0.382 e. The molecule has 0 aliphatic heterocycles. The Morgan fingerprint density at radius 1 is 1.50 bits per heavy atom. The lowest BCUT2D eigenvalue weighted by Gasteiger charge is -2.07. The zero-order valence-corrected chi connectivity index (χ0v) is 10.6. The van der Waals surface area contributed by atoms with E-state index in [1.807, 2.05) is 6.92 Å². The minimum atomic E-state index is -0.328. The van der Waals surface area contributed by atoms with E-state index in [9.17, 15) is 9.18 Å². The van der Waals surface area contributed by atoms with Gasteiger partial charge in [-0.3, -0.25) is 4.79 Å². The first-order chi connectivity index (χ1) is 7.63. The fourth-order valence-electron chi connectivity index (χ4n) is 1.23. The summed E-state index contributed by atoms with van der Waals surface area (Å²) in [5.74, 6) is -0.363. The maximum absolute atomic E-state index is 13.3. The number of hydrogen-bond donors (Lipinski definition) is 2. The van der Waals surface area contributed by atoms with Crippen molar-refractivity contribution in [3.05, 3.63) is 28.5 Å². The van der Waals surface area contributed by atoms with Crippen LogP contribution in [0.15, 0.2) is 22.7 Å². The molecule has 0 unspecified atom stereocenters. The molecule has 1 amide bonds. The van der Waals surface area contributed by atoms with Crippen LogP contribution in [0.25, 0.3) is 0 Å². The molecule has 2 N–H and O–H groups in total. The number of rotatable bonds is 5. The van der Waals surface area contributed by atoms with Crippen molar-refractivity contribution in [2.75, 3.05) is 18.4 Å². The van der Waals surface area contributed by atoms with Crippen molar-refractivity contribution < 1.29 is 9.18 Å². The number of anilines is 1. The third-order valence-electron chi connectivity index (χ3n) is 1.97. The first kappa shape index (κ1) is 13.0. The molecule has 0 saturated carbocycles. The molecule has 0 aromatic heterocycles. The molecule has 5 heteroatoms. The van der Waals surface area contributed by atoms with Gasteiger partial charge in [-0.25, -0.2) is 4.39 Å². The third kappa shape index (κ3) is 4.18. The summed E-state index contributed by atoms with van der Waals surface area (Å²) in [4.78, 5) is 11.1. The van der Waals surface area contributed by atoms with Gasteiger partial charge in [-0.1, -0.05) is 15.9 Å². The lowest BCUT2D eigenvalue weighted by molar-refractivity contribution is -0.120. The van der Waals surface area contributed by atoms with E-state index in [1.165, 1.54) is 6.07 Å². The average Bonchev–Trinajstić information content (AvgIpc) is 2.22. The van der Waals surface area contributed by atoms with Crippen molar-refractivity contribution >= 4 is 27.5 Å². The molecule has 16 heavy (non-hydrogen) atoms. The Bertz CT molecular complexity index is 371. The van der Waals surface area contributed by atoms with Crippen LogP contribution in [0.3, 0.4) is 0 Å². The van der Waals surface area contributed by atoms with E-state index < -0.39 is 0 Å². The van der Waals surface area contributed by atoms with Crippen LogP contribution in [0, 0.1) is 5.82 Å². The Kier molecular flexibility index (Phi) is 5.25. The summed E-state index contributed by atoms with van der Waals surface area (Å²) >= 11 is 3.18. The molecule has 0 saturated heterocycles. The zero-order chi connectivity index (χ0) is 12.0. The molecule has 1 aromatic carbocycles. The predicted molar refractivity (Wildman–Crippen MR) is 65.9 cm³/mol. The smallest absolute Gasteiger partial charge is 0.221 e. The highest BCUT2D eigenvalue weighted by Gasteiger charge is 2.03. The van der Waals surface area contributed by atoms with E-state index in [0.717, 1.165) is 0 Å². The standard InChI is InChI=1S/C11H14BrFN2O/c1-2-14-11(16)5-6-15-10-4-3-8(12)7-9(10)13/h3-4,7,15H,2,5-6H2,1H3,(H,14,16). The summed E-state index contributed by atoms with van der Waals surface area (Å²) in [5.41, 5.74) is 0.410. The van der Waals surface area contributed by atoms with Crippen molar-refractivity contribution in [1.29, 1.82) is 0 Å². The van der Waals surface area contributed by atoms with Gasteiger partial charge in [0.25, 0.3) is 0 Å². The number of hydrogen-bond acceptors (Lipinski definition) is 2. The highest BCUT2D eigenvalue weighted by Crippen LogP contribution is 2.18. The molecule has 0 aliphatic carbocycles. The van der Waals surface area contributed by atoms with Crippen LogP contribution >= 0.6 is 15.9 Å². The normalized spacial score (nSPS) is 9.94. The zero-order valence-electron chi connectivity index (χ0n) is 9.02. The summed E-state index contributed by atoms with van der Waals surface area (Å²) in [7, 11) is 0. The number of halogens is 2. The molecular formula is C11H14BrFN2O. The summed E-state index contributed by atoms with van der Waals surface area (Å²) in [6.45, 7) is 2.90. The van der Waals surface area contributed by atoms with Crippen molar-refractivity contribution in [3.63, 3.8) is 0 Å². The van der Waals surface area contributed by atoms with Crippen LogP contribution in [-0.2, 0) is 4.79 Å². The topological polar surface area (TPSA) is 41.1 Å². The lowest BCUT2D eigenvalue weighted by atomic mass is 10.3. The SMILES string of the molecule is CCNC(=O)CCNc1ccc(Br)cc1F. The number of carbonyl (C=O) groups excluding carboxylic acids is 1. The molecule has 0 atom stereocenters. The van der Waals surface area contributed by atoms with E-state index in [0.29, 0.717) is 29.7 Å². The molecule has 1 aromatic rings. The Labute approximate surface area is 103 Å². The van der Waals surface area contributed by atoms with Gasteiger partial charge in [0.1, 0.15) is 5.82 Å². The molecule has 0 heterocycles. The van der Waals surface area contributed by atoms with Crippen LogP contribution in [0.2, 0.25) is 0 Å². The molecule has 0 bridgehead atoms. The highest BCUT2D eigenvalue weighted by atomic mass is 79.9. The third-order valence-corrected chi connectivity index (χ3v) is 2.47. The van der Waals surface area contributed by atoms with E-state index in [2.05, 4.69) is 26.6 Å². The number of benzene rings is 1. The quantitative estimate of drug-likeness (QED) is 0.874. The van der Waals surface area contributed by atoms with Gasteiger partial charge in [-0.05, 0) is 25.1 Å². The van der Waals surface area contributed by atoms with Gasteiger partial charge in [0.05, 0.1) is 5.69 Å². The van der Waals surface area contributed by atoms with Gasteiger partial charge < -0.3 is 10.6 Å².